The van der Waals surface area contributed by atoms with Crippen LogP contribution in [0, 0.1) is 0 Å². The number of carbonyl (C=O) groups is 2. The van der Waals surface area contributed by atoms with Gasteiger partial charge in [0.2, 0.25) is 0 Å². The Hall–Kier alpha value is -2.82. The molecule has 0 aliphatic carbocycles. The zero-order valence-corrected chi connectivity index (χ0v) is 11.2. The number of anilines is 2. The molecule has 5 nitrogen and oxygen atoms in total. The number of carboxylic acid groups (broad SMARTS) is 1. The fourth-order valence-corrected chi connectivity index (χ4v) is 2.55. The van der Waals surface area contributed by atoms with Crippen LogP contribution in [-0.4, -0.2) is 23.5 Å². The Kier molecular flexibility index (Phi) is 3.10. The number of hydrogen-bond donors (Lipinski definition) is 2. The van der Waals surface area contributed by atoms with Crippen molar-refractivity contribution in [1.29, 1.82) is 0 Å². The van der Waals surface area contributed by atoms with Crippen LogP contribution in [0.25, 0.3) is 0 Å². The number of nitrogen functional groups attached to an aromatic ring is 1. The summed E-state index contributed by atoms with van der Waals surface area (Å²) in [4.78, 5) is 25.2. The Bertz CT molecular complexity index is 740. The van der Waals surface area contributed by atoms with Gasteiger partial charge in [0.1, 0.15) is 0 Å². The van der Waals surface area contributed by atoms with E-state index in [0.29, 0.717) is 23.5 Å². The van der Waals surface area contributed by atoms with Crippen LogP contribution in [0.5, 0.6) is 0 Å². The van der Waals surface area contributed by atoms with E-state index in [-0.39, 0.29) is 11.5 Å². The molecule has 1 aliphatic heterocycles. The SMILES string of the molecule is Nc1cccc(C(=O)N2CCc3ccc(C(=O)O)cc32)c1. The van der Waals surface area contributed by atoms with Gasteiger partial charge < -0.3 is 15.7 Å². The standard InChI is InChI=1S/C16H14N2O3/c17-13-3-1-2-11(8-13)15(19)18-7-6-10-4-5-12(16(20)21)9-14(10)18/h1-5,8-9H,6-7,17H2,(H,20,21). The first kappa shape index (κ1) is 13.2. The molecule has 2 aromatic rings. The molecule has 0 saturated carbocycles. The summed E-state index contributed by atoms with van der Waals surface area (Å²) in [5.41, 5.74) is 8.57. The summed E-state index contributed by atoms with van der Waals surface area (Å²) in [6.45, 7) is 0.548. The molecule has 0 bridgehead atoms. The van der Waals surface area contributed by atoms with E-state index in [2.05, 4.69) is 0 Å². The van der Waals surface area contributed by atoms with Crippen LogP contribution in [0.2, 0.25) is 0 Å². The largest absolute Gasteiger partial charge is 0.478 e. The summed E-state index contributed by atoms with van der Waals surface area (Å²) >= 11 is 0. The van der Waals surface area contributed by atoms with Gasteiger partial charge in [0.05, 0.1) is 5.56 Å². The number of hydrogen-bond acceptors (Lipinski definition) is 3. The average Bonchev–Trinajstić information content (AvgIpc) is 2.89. The lowest BCUT2D eigenvalue weighted by Gasteiger charge is -2.18. The van der Waals surface area contributed by atoms with Crippen molar-refractivity contribution in [3.05, 3.63) is 59.2 Å². The van der Waals surface area contributed by atoms with E-state index in [1.54, 1.807) is 47.4 Å². The fourth-order valence-electron chi connectivity index (χ4n) is 2.55. The highest BCUT2D eigenvalue weighted by Crippen LogP contribution is 2.30. The maximum Gasteiger partial charge on any atom is 0.335 e. The third-order valence-electron chi connectivity index (χ3n) is 3.61. The van der Waals surface area contributed by atoms with Gasteiger partial charge in [0.25, 0.3) is 5.91 Å². The maximum absolute atomic E-state index is 12.6. The molecule has 0 radical (unpaired) electrons. The Labute approximate surface area is 121 Å². The van der Waals surface area contributed by atoms with E-state index >= 15 is 0 Å². The third kappa shape index (κ3) is 2.33. The third-order valence-corrected chi connectivity index (χ3v) is 3.61. The van der Waals surface area contributed by atoms with Crippen molar-refractivity contribution >= 4 is 23.3 Å². The Balaban J connectivity index is 1.98. The number of rotatable bonds is 2. The molecule has 2 aromatic carbocycles. The number of nitrogens with two attached hydrogens (primary N) is 1. The van der Waals surface area contributed by atoms with Crippen molar-refractivity contribution in [2.24, 2.45) is 0 Å². The maximum atomic E-state index is 12.6. The smallest absolute Gasteiger partial charge is 0.335 e. The van der Waals surface area contributed by atoms with Crippen molar-refractivity contribution in [2.75, 3.05) is 17.2 Å². The Morgan fingerprint density at radius 3 is 2.62 bits per heavy atom. The van der Waals surface area contributed by atoms with Crippen molar-refractivity contribution in [1.82, 2.24) is 0 Å². The zero-order chi connectivity index (χ0) is 15.0. The fraction of sp³-hybridized carbons (Fsp3) is 0.125. The van der Waals surface area contributed by atoms with Crippen LogP contribution >= 0.6 is 0 Å². The van der Waals surface area contributed by atoms with Crippen molar-refractivity contribution in [3.63, 3.8) is 0 Å². The second-order valence-corrected chi connectivity index (χ2v) is 4.98. The topological polar surface area (TPSA) is 83.6 Å². The average molecular weight is 282 g/mol. The van der Waals surface area contributed by atoms with E-state index in [9.17, 15) is 9.59 Å². The minimum Gasteiger partial charge on any atom is -0.478 e. The summed E-state index contributed by atoms with van der Waals surface area (Å²) in [5, 5.41) is 9.07. The summed E-state index contributed by atoms with van der Waals surface area (Å²) in [6, 6.07) is 11.7. The predicted molar refractivity (Wildman–Crippen MR) is 79.6 cm³/mol. The number of fused-ring (bicyclic) bond motifs is 1. The van der Waals surface area contributed by atoms with Gasteiger partial charge in [0.15, 0.2) is 0 Å². The lowest BCUT2D eigenvalue weighted by Crippen LogP contribution is -2.29. The Morgan fingerprint density at radius 2 is 1.90 bits per heavy atom. The molecular weight excluding hydrogens is 268 g/mol. The lowest BCUT2D eigenvalue weighted by molar-refractivity contribution is 0.0696. The van der Waals surface area contributed by atoms with Gasteiger partial charge in [-0.25, -0.2) is 4.79 Å². The van der Waals surface area contributed by atoms with Gasteiger partial charge in [-0.1, -0.05) is 12.1 Å². The summed E-state index contributed by atoms with van der Waals surface area (Å²) in [7, 11) is 0. The van der Waals surface area contributed by atoms with E-state index in [1.807, 2.05) is 0 Å². The Morgan fingerprint density at radius 1 is 1.10 bits per heavy atom. The normalized spacial score (nSPS) is 13.0. The minimum atomic E-state index is -0.999. The molecule has 1 aliphatic rings. The molecule has 0 saturated heterocycles. The second-order valence-electron chi connectivity index (χ2n) is 4.98. The molecule has 106 valence electrons. The van der Waals surface area contributed by atoms with E-state index in [0.717, 1.165) is 12.0 Å². The number of aromatic carboxylic acids is 1. The van der Waals surface area contributed by atoms with Crippen molar-refractivity contribution in [3.8, 4) is 0 Å². The number of carboxylic acids is 1. The molecule has 3 N–H and O–H groups in total. The molecule has 5 heteroatoms. The van der Waals surface area contributed by atoms with Gasteiger partial charge in [-0.3, -0.25) is 4.79 Å². The first-order valence-corrected chi connectivity index (χ1v) is 6.60. The molecule has 3 rings (SSSR count). The monoisotopic (exact) mass is 282 g/mol. The summed E-state index contributed by atoms with van der Waals surface area (Å²) in [6.07, 6.45) is 0.725. The van der Waals surface area contributed by atoms with Crippen LogP contribution in [-0.2, 0) is 6.42 Å². The van der Waals surface area contributed by atoms with Crippen LogP contribution < -0.4 is 10.6 Å². The van der Waals surface area contributed by atoms with Gasteiger partial charge in [-0.2, -0.15) is 0 Å². The number of benzene rings is 2. The van der Waals surface area contributed by atoms with Crippen LogP contribution in [0.3, 0.4) is 0 Å². The first-order valence-electron chi connectivity index (χ1n) is 6.60. The van der Waals surface area contributed by atoms with Crippen LogP contribution in [0.15, 0.2) is 42.5 Å². The summed E-state index contributed by atoms with van der Waals surface area (Å²) in [5.74, 6) is -1.16. The molecule has 0 spiro atoms. The van der Waals surface area contributed by atoms with E-state index in [4.69, 9.17) is 10.8 Å². The van der Waals surface area contributed by atoms with E-state index < -0.39 is 5.97 Å². The molecule has 21 heavy (non-hydrogen) atoms. The predicted octanol–water partition coefficient (Wildman–Crippen LogP) is 2.17. The quantitative estimate of drug-likeness (QED) is 0.827. The molecule has 1 amide bonds. The highest BCUT2D eigenvalue weighted by Gasteiger charge is 2.26. The van der Waals surface area contributed by atoms with Gasteiger partial charge in [-0.05, 0) is 42.3 Å². The van der Waals surface area contributed by atoms with Gasteiger partial charge in [-0.15, -0.1) is 0 Å². The number of carbonyl (C=O) groups excluding carboxylic acids is 1. The zero-order valence-electron chi connectivity index (χ0n) is 11.2. The van der Waals surface area contributed by atoms with Crippen LogP contribution in [0.1, 0.15) is 26.3 Å². The highest BCUT2D eigenvalue weighted by atomic mass is 16.4. The number of nitrogens with zero attached hydrogens (tertiary/aromatic N) is 1. The molecule has 1 heterocycles. The van der Waals surface area contributed by atoms with Crippen molar-refractivity contribution < 1.29 is 14.7 Å². The van der Waals surface area contributed by atoms with Gasteiger partial charge in [0, 0.05) is 23.5 Å². The van der Waals surface area contributed by atoms with E-state index in [1.165, 1.54) is 0 Å². The summed E-state index contributed by atoms with van der Waals surface area (Å²) < 4.78 is 0. The second kappa shape index (κ2) is 4.94. The highest BCUT2D eigenvalue weighted by molar-refractivity contribution is 6.08. The molecule has 0 unspecified atom stereocenters. The molecule has 0 atom stereocenters. The molecule has 0 aromatic heterocycles. The molecule has 0 fully saturated rings. The number of amides is 1. The molecular formula is C16H14N2O3. The minimum absolute atomic E-state index is 0.163. The lowest BCUT2D eigenvalue weighted by atomic mass is 10.1. The van der Waals surface area contributed by atoms with Gasteiger partial charge >= 0.3 is 5.97 Å². The van der Waals surface area contributed by atoms with Crippen molar-refractivity contribution in [2.45, 2.75) is 6.42 Å². The first-order chi connectivity index (χ1) is 10.1. The van der Waals surface area contributed by atoms with Crippen LogP contribution in [0.4, 0.5) is 11.4 Å².